The number of benzene rings is 1. The van der Waals surface area contributed by atoms with Gasteiger partial charge in [-0.25, -0.2) is 4.79 Å². The third-order valence-corrected chi connectivity index (χ3v) is 3.10. The van der Waals surface area contributed by atoms with Crippen molar-refractivity contribution in [2.75, 3.05) is 0 Å². The molecule has 0 saturated carbocycles. The second-order valence-electron chi connectivity index (χ2n) is 6.63. The summed E-state index contributed by atoms with van der Waals surface area (Å²) in [7, 11) is 0. The number of carbonyl (C=O) groups is 1. The molecule has 0 aliphatic rings. The lowest BCUT2D eigenvalue weighted by molar-refractivity contribution is -0.152. The van der Waals surface area contributed by atoms with Gasteiger partial charge in [0.1, 0.15) is 5.75 Å². The Kier molecular flexibility index (Phi) is 3.99. The number of hydrogen-bond donors (Lipinski definition) is 1. The quantitative estimate of drug-likeness (QED) is 0.902. The predicted molar refractivity (Wildman–Crippen MR) is 77.0 cm³/mol. The van der Waals surface area contributed by atoms with E-state index in [2.05, 4.69) is 26.8 Å². The molecule has 3 heteroatoms. The molecule has 0 bridgehead atoms. The second-order valence-corrected chi connectivity index (χ2v) is 6.63. The molecule has 0 heterocycles. The zero-order valence-corrected chi connectivity index (χ0v) is 12.9. The van der Waals surface area contributed by atoms with Crippen molar-refractivity contribution >= 4 is 5.97 Å². The summed E-state index contributed by atoms with van der Waals surface area (Å²) in [6.07, 6.45) is 0. The molecule has 0 saturated heterocycles. The lowest BCUT2D eigenvalue weighted by atomic mass is 9.84. The smallest absolute Gasteiger partial charge is 0.347 e. The van der Waals surface area contributed by atoms with Crippen LogP contribution in [0, 0.1) is 13.8 Å². The number of aryl methyl sites for hydroxylation is 2. The second kappa shape index (κ2) is 4.87. The van der Waals surface area contributed by atoms with Crippen LogP contribution in [-0.2, 0) is 10.2 Å². The minimum atomic E-state index is -1.24. The molecule has 0 aromatic heterocycles. The van der Waals surface area contributed by atoms with Crippen LogP contribution in [0.5, 0.6) is 5.75 Å². The zero-order chi connectivity index (χ0) is 15.0. The van der Waals surface area contributed by atoms with Crippen molar-refractivity contribution in [2.24, 2.45) is 0 Å². The van der Waals surface area contributed by atoms with Gasteiger partial charge in [-0.1, -0.05) is 38.5 Å². The molecule has 19 heavy (non-hydrogen) atoms. The average molecular weight is 264 g/mol. The van der Waals surface area contributed by atoms with Crippen LogP contribution in [0.4, 0.5) is 0 Å². The van der Waals surface area contributed by atoms with E-state index in [9.17, 15) is 9.90 Å². The number of hydrogen-bond acceptors (Lipinski definition) is 2. The minimum absolute atomic E-state index is 0.0965. The SMILES string of the molecule is Cc1cc(C)c(OC(C)(C)C(=O)O)c(C(C)(C)C)c1. The summed E-state index contributed by atoms with van der Waals surface area (Å²) in [6.45, 7) is 13.4. The first kappa shape index (κ1) is 15.5. The van der Waals surface area contributed by atoms with Crippen LogP contribution >= 0.6 is 0 Å². The minimum Gasteiger partial charge on any atom is -0.478 e. The summed E-state index contributed by atoms with van der Waals surface area (Å²) >= 11 is 0. The van der Waals surface area contributed by atoms with Crippen LogP contribution < -0.4 is 4.74 Å². The van der Waals surface area contributed by atoms with Crippen LogP contribution in [0.2, 0.25) is 0 Å². The Morgan fingerprint density at radius 2 is 1.63 bits per heavy atom. The number of carboxylic acid groups (broad SMARTS) is 1. The van der Waals surface area contributed by atoms with Gasteiger partial charge in [-0.2, -0.15) is 0 Å². The van der Waals surface area contributed by atoms with Gasteiger partial charge in [-0.3, -0.25) is 0 Å². The highest BCUT2D eigenvalue weighted by atomic mass is 16.5. The Hall–Kier alpha value is -1.51. The molecule has 0 atom stereocenters. The first-order chi connectivity index (χ1) is 8.45. The third kappa shape index (κ3) is 3.49. The lowest BCUT2D eigenvalue weighted by Crippen LogP contribution is -2.38. The molecule has 1 aromatic carbocycles. The van der Waals surface area contributed by atoms with Crippen molar-refractivity contribution in [1.29, 1.82) is 0 Å². The molecular formula is C16H24O3. The number of ether oxygens (including phenoxy) is 1. The monoisotopic (exact) mass is 264 g/mol. The molecule has 0 spiro atoms. The Morgan fingerprint density at radius 3 is 2.05 bits per heavy atom. The van der Waals surface area contributed by atoms with E-state index in [1.54, 1.807) is 13.8 Å². The Bertz CT molecular complexity index is 493. The predicted octanol–water partition coefficient (Wildman–Crippen LogP) is 3.84. The first-order valence-corrected chi connectivity index (χ1v) is 6.49. The van der Waals surface area contributed by atoms with E-state index in [0.717, 1.165) is 16.7 Å². The lowest BCUT2D eigenvalue weighted by Gasteiger charge is -2.29. The van der Waals surface area contributed by atoms with Crippen molar-refractivity contribution in [3.8, 4) is 5.75 Å². The normalized spacial score (nSPS) is 12.4. The maximum Gasteiger partial charge on any atom is 0.347 e. The van der Waals surface area contributed by atoms with E-state index >= 15 is 0 Å². The molecule has 3 nitrogen and oxygen atoms in total. The van der Waals surface area contributed by atoms with Crippen LogP contribution in [0.3, 0.4) is 0 Å². The standard InChI is InChI=1S/C16H24O3/c1-10-8-11(2)13(12(9-10)15(3,4)5)19-16(6,7)14(17)18/h8-9H,1-7H3,(H,17,18). The van der Waals surface area contributed by atoms with Gasteiger partial charge in [-0.15, -0.1) is 0 Å². The van der Waals surface area contributed by atoms with Crippen molar-refractivity contribution in [1.82, 2.24) is 0 Å². The van der Waals surface area contributed by atoms with Crippen molar-refractivity contribution in [2.45, 2.75) is 59.5 Å². The van der Waals surface area contributed by atoms with Crippen LogP contribution in [0.25, 0.3) is 0 Å². The van der Waals surface area contributed by atoms with Crippen LogP contribution in [0.1, 0.15) is 51.3 Å². The van der Waals surface area contributed by atoms with Gasteiger partial charge in [0.05, 0.1) is 0 Å². The molecule has 0 radical (unpaired) electrons. The highest BCUT2D eigenvalue weighted by Crippen LogP contribution is 2.36. The summed E-state index contributed by atoms with van der Waals surface area (Å²) in [5.41, 5.74) is 1.84. The Morgan fingerprint density at radius 1 is 1.11 bits per heavy atom. The Balaban J connectivity index is 3.39. The van der Waals surface area contributed by atoms with Gasteiger partial charge in [0.2, 0.25) is 0 Å². The molecule has 106 valence electrons. The molecule has 1 N–H and O–H groups in total. The highest BCUT2D eigenvalue weighted by molar-refractivity contribution is 5.77. The molecule has 1 aromatic rings. The van der Waals surface area contributed by atoms with Crippen molar-refractivity contribution in [3.05, 3.63) is 28.8 Å². The molecule has 0 unspecified atom stereocenters. The van der Waals surface area contributed by atoms with E-state index in [0.29, 0.717) is 5.75 Å². The number of rotatable bonds is 3. The van der Waals surface area contributed by atoms with E-state index in [-0.39, 0.29) is 5.41 Å². The number of aliphatic carboxylic acids is 1. The van der Waals surface area contributed by atoms with Crippen molar-refractivity contribution < 1.29 is 14.6 Å². The van der Waals surface area contributed by atoms with E-state index in [4.69, 9.17) is 4.74 Å². The number of carboxylic acids is 1. The van der Waals surface area contributed by atoms with Crippen LogP contribution in [-0.4, -0.2) is 16.7 Å². The van der Waals surface area contributed by atoms with Gasteiger partial charge < -0.3 is 9.84 Å². The highest BCUT2D eigenvalue weighted by Gasteiger charge is 2.32. The summed E-state index contributed by atoms with van der Waals surface area (Å²) in [5.74, 6) is -0.280. The molecule has 0 fully saturated rings. The van der Waals surface area contributed by atoms with Gasteiger partial charge >= 0.3 is 5.97 Å². The zero-order valence-electron chi connectivity index (χ0n) is 12.9. The fraction of sp³-hybridized carbons (Fsp3) is 0.562. The van der Waals surface area contributed by atoms with E-state index < -0.39 is 11.6 Å². The van der Waals surface area contributed by atoms with Crippen molar-refractivity contribution in [3.63, 3.8) is 0 Å². The van der Waals surface area contributed by atoms with Gasteiger partial charge in [-0.05, 0) is 38.7 Å². The third-order valence-electron chi connectivity index (χ3n) is 3.10. The maximum atomic E-state index is 11.2. The summed E-state index contributed by atoms with van der Waals surface area (Å²) < 4.78 is 5.81. The van der Waals surface area contributed by atoms with Gasteiger partial charge in [0.15, 0.2) is 5.60 Å². The summed E-state index contributed by atoms with van der Waals surface area (Å²) in [6, 6.07) is 4.09. The summed E-state index contributed by atoms with van der Waals surface area (Å²) in [4.78, 5) is 11.2. The fourth-order valence-electron chi connectivity index (χ4n) is 1.95. The maximum absolute atomic E-state index is 11.2. The molecule has 0 aliphatic carbocycles. The van der Waals surface area contributed by atoms with Gasteiger partial charge in [0, 0.05) is 5.56 Å². The fourth-order valence-corrected chi connectivity index (χ4v) is 1.95. The van der Waals surface area contributed by atoms with Crippen LogP contribution in [0.15, 0.2) is 12.1 Å². The van der Waals surface area contributed by atoms with Gasteiger partial charge in [0.25, 0.3) is 0 Å². The van der Waals surface area contributed by atoms with E-state index in [1.807, 2.05) is 19.9 Å². The Labute approximate surface area is 115 Å². The first-order valence-electron chi connectivity index (χ1n) is 6.49. The summed E-state index contributed by atoms with van der Waals surface area (Å²) in [5, 5.41) is 9.22. The topological polar surface area (TPSA) is 46.5 Å². The molecule has 1 rings (SSSR count). The molecule has 0 amide bonds. The van der Waals surface area contributed by atoms with E-state index in [1.165, 1.54) is 0 Å². The largest absolute Gasteiger partial charge is 0.478 e. The molecular weight excluding hydrogens is 240 g/mol. The average Bonchev–Trinajstić information content (AvgIpc) is 2.19. The molecule has 0 aliphatic heterocycles.